The molecule has 0 fully saturated rings. The second kappa shape index (κ2) is 8.74. The summed E-state index contributed by atoms with van der Waals surface area (Å²) >= 11 is 6.02. The number of carboxylic acids is 1. The number of ether oxygens (including phenoxy) is 1. The van der Waals surface area contributed by atoms with Crippen LogP contribution in [0.1, 0.15) is 25.8 Å². The van der Waals surface area contributed by atoms with Crippen molar-refractivity contribution in [1.29, 1.82) is 0 Å². The standard InChI is InChI=1S/C16H23ClN2O4/c1-5-9(2)15(16(21)22)18-8-14(20)19-12-6-10(3)11(17)7-13(12)23-4/h6-7,9,15,18H,5,8H2,1-4H3,(H,19,20)(H,21,22)/t9-,15-/m0/s1. The Morgan fingerprint density at radius 3 is 2.57 bits per heavy atom. The van der Waals surface area contributed by atoms with Crippen molar-refractivity contribution in [3.05, 3.63) is 22.7 Å². The van der Waals surface area contributed by atoms with E-state index < -0.39 is 12.0 Å². The first kappa shape index (κ1) is 19.3. The maximum atomic E-state index is 12.1. The molecule has 7 heteroatoms. The number of rotatable bonds is 8. The van der Waals surface area contributed by atoms with Crippen molar-refractivity contribution >= 4 is 29.2 Å². The number of carbonyl (C=O) groups excluding carboxylic acids is 1. The first-order valence-electron chi connectivity index (χ1n) is 7.40. The molecular weight excluding hydrogens is 320 g/mol. The second-order valence-electron chi connectivity index (χ2n) is 5.43. The molecule has 3 N–H and O–H groups in total. The lowest BCUT2D eigenvalue weighted by atomic mass is 9.99. The third-order valence-electron chi connectivity index (χ3n) is 3.72. The van der Waals surface area contributed by atoms with E-state index in [2.05, 4.69) is 10.6 Å². The average Bonchev–Trinajstić information content (AvgIpc) is 2.50. The highest BCUT2D eigenvalue weighted by Gasteiger charge is 2.23. The fourth-order valence-corrected chi connectivity index (χ4v) is 2.25. The summed E-state index contributed by atoms with van der Waals surface area (Å²) in [7, 11) is 1.48. The summed E-state index contributed by atoms with van der Waals surface area (Å²) in [5.74, 6) is -0.940. The summed E-state index contributed by atoms with van der Waals surface area (Å²) in [5, 5.41) is 15.2. The van der Waals surface area contributed by atoms with Crippen LogP contribution in [0.2, 0.25) is 5.02 Å². The number of benzene rings is 1. The predicted molar refractivity (Wildman–Crippen MR) is 90.3 cm³/mol. The van der Waals surface area contributed by atoms with Gasteiger partial charge in [0, 0.05) is 11.1 Å². The van der Waals surface area contributed by atoms with E-state index >= 15 is 0 Å². The van der Waals surface area contributed by atoms with Gasteiger partial charge in [0.15, 0.2) is 0 Å². The van der Waals surface area contributed by atoms with Crippen LogP contribution in [0.5, 0.6) is 5.75 Å². The Morgan fingerprint density at radius 1 is 1.39 bits per heavy atom. The van der Waals surface area contributed by atoms with Crippen LogP contribution in [0.4, 0.5) is 5.69 Å². The van der Waals surface area contributed by atoms with Gasteiger partial charge in [-0.1, -0.05) is 31.9 Å². The molecule has 0 saturated carbocycles. The first-order chi connectivity index (χ1) is 10.8. The highest BCUT2D eigenvalue weighted by atomic mass is 35.5. The van der Waals surface area contributed by atoms with Crippen LogP contribution in [-0.2, 0) is 9.59 Å². The molecule has 0 aliphatic carbocycles. The maximum Gasteiger partial charge on any atom is 0.320 e. The molecule has 0 aromatic heterocycles. The summed E-state index contributed by atoms with van der Waals surface area (Å²) < 4.78 is 5.19. The van der Waals surface area contributed by atoms with Gasteiger partial charge in [-0.2, -0.15) is 0 Å². The normalized spacial score (nSPS) is 13.3. The van der Waals surface area contributed by atoms with Crippen LogP contribution in [0.3, 0.4) is 0 Å². The molecule has 128 valence electrons. The zero-order chi connectivity index (χ0) is 17.6. The topological polar surface area (TPSA) is 87.7 Å². The van der Waals surface area contributed by atoms with Crippen molar-refractivity contribution in [1.82, 2.24) is 5.32 Å². The minimum Gasteiger partial charge on any atom is -0.495 e. The number of anilines is 1. The number of hydrogen-bond donors (Lipinski definition) is 3. The number of aryl methyl sites for hydroxylation is 1. The molecule has 0 unspecified atom stereocenters. The third-order valence-corrected chi connectivity index (χ3v) is 4.12. The average molecular weight is 343 g/mol. The first-order valence-corrected chi connectivity index (χ1v) is 7.78. The number of amides is 1. The Kier molecular flexibility index (Phi) is 7.32. The van der Waals surface area contributed by atoms with Gasteiger partial charge < -0.3 is 15.2 Å². The maximum absolute atomic E-state index is 12.1. The molecular formula is C16H23ClN2O4. The van der Waals surface area contributed by atoms with Gasteiger partial charge in [-0.25, -0.2) is 0 Å². The third kappa shape index (κ3) is 5.41. The minimum atomic E-state index is -0.966. The number of aliphatic carboxylic acids is 1. The van der Waals surface area contributed by atoms with E-state index in [1.807, 2.05) is 20.8 Å². The molecule has 1 rings (SSSR count). The van der Waals surface area contributed by atoms with Crippen molar-refractivity contribution in [2.75, 3.05) is 19.0 Å². The fraction of sp³-hybridized carbons (Fsp3) is 0.500. The van der Waals surface area contributed by atoms with E-state index in [4.69, 9.17) is 16.3 Å². The molecule has 0 aliphatic rings. The summed E-state index contributed by atoms with van der Waals surface area (Å²) in [6.07, 6.45) is 0.704. The van der Waals surface area contributed by atoms with Crippen LogP contribution < -0.4 is 15.4 Å². The lowest BCUT2D eigenvalue weighted by Crippen LogP contribution is -2.45. The predicted octanol–water partition coefficient (Wildman–Crippen LogP) is 2.68. The van der Waals surface area contributed by atoms with Gasteiger partial charge in [0.2, 0.25) is 5.91 Å². The van der Waals surface area contributed by atoms with Gasteiger partial charge >= 0.3 is 5.97 Å². The number of hydrogen-bond acceptors (Lipinski definition) is 4. The van der Waals surface area contributed by atoms with E-state index in [0.717, 1.165) is 5.56 Å². The molecule has 0 saturated heterocycles. The number of carboxylic acid groups (broad SMARTS) is 1. The van der Waals surface area contributed by atoms with Gasteiger partial charge in [0.05, 0.1) is 19.3 Å². The highest BCUT2D eigenvalue weighted by molar-refractivity contribution is 6.31. The zero-order valence-electron chi connectivity index (χ0n) is 13.8. The molecule has 23 heavy (non-hydrogen) atoms. The lowest BCUT2D eigenvalue weighted by molar-refractivity contribution is -0.140. The number of halogens is 1. The van der Waals surface area contributed by atoms with Crippen molar-refractivity contribution in [3.8, 4) is 5.75 Å². The van der Waals surface area contributed by atoms with Gasteiger partial charge in [-0.05, 0) is 24.5 Å². The van der Waals surface area contributed by atoms with Gasteiger partial charge in [0.25, 0.3) is 0 Å². The Labute approximate surface area is 141 Å². The van der Waals surface area contributed by atoms with Gasteiger partial charge in [-0.3, -0.25) is 14.9 Å². The molecule has 0 radical (unpaired) electrons. The quantitative estimate of drug-likeness (QED) is 0.676. The number of methoxy groups -OCH3 is 1. The molecule has 1 amide bonds. The smallest absolute Gasteiger partial charge is 0.320 e. The molecule has 0 bridgehead atoms. The molecule has 2 atom stereocenters. The van der Waals surface area contributed by atoms with Gasteiger partial charge in [0.1, 0.15) is 11.8 Å². The largest absolute Gasteiger partial charge is 0.495 e. The second-order valence-corrected chi connectivity index (χ2v) is 5.84. The Balaban J connectivity index is 2.73. The Morgan fingerprint density at radius 2 is 2.04 bits per heavy atom. The Bertz CT molecular complexity index is 577. The lowest BCUT2D eigenvalue weighted by Gasteiger charge is -2.20. The van der Waals surface area contributed by atoms with Crippen molar-refractivity contribution in [2.24, 2.45) is 5.92 Å². The summed E-state index contributed by atoms with van der Waals surface area (Å²) in [6, 6.07) is 2.57. The van der Waals surface area contributed by atoms with E-state index in [1.165, 1.54) is 7.11 Å². The van der Waals surface area contributed by atoms with E-state index in [-0.39, 0.29) is 18.4 Å². The molecule has 1 aromatic rings. The zero-order valence-corrected chi connectivity index (χ0v) is 14.5. The van der Waals surface area contributed by atoms with Crippen LogP contribution in [0.15, 0.2) is 12.1 Å². The van der Waals surface area contributed by atoms with E-state index in [1.54, 1.807) is 12.1 Å². The van der Waals surface area contributed by atoms with Crippen LogP contribution in [-0.4, -0.2) is 36.7 Å². The SMILES string of the molecule is CC[C@H](C)[C@H](NCC(=O)Nc1cc(C)c(Cl)cc1OC)C(=O)O. The van der Waals surface area contributed by atoms with Crippen molar-refractivity contribution < 1.29 is 19.4 Å². The Hall–Kier alpha value is -1.79. The van der Waals surface area contributed by atoms with E-state index in [0.29, 0.717) is 22.9 Å². The van der Waals surface area contributed by atoms with E-state index in [9.17, 15) is 14.7 Å². The minimum absolute atomic E-state index is 0.0763. The monoisotopic (exact) mass is 342 g/mol. The van der Waals surface area contributed by atoms with Crippen molar-refractivity contribution in [2.45, 2.75) is 33.2 Å². The molecule has 1 aromatic carbocycles. The highest BCUT2D eigenvalue weighted by Crippen LogP contribution is 2.30. The summed E-state index contributed by atoms with van der Waals surface area (Å²) in [5.41, 5.74) is 1.30. The van der Waals surface area contributed by atoms with Gasteiger partial charge in [-0.15, -0.1) is 0 Å². The summed E-state index contributed by atoms with van der Waals surface area (Å²) in [6.45, 7) is 5.45. The van der Waals surface area contributed by atoms with Crippen molar-refractivity contribution in [3.63, 3.8) is 0 Å². The van der Waals surface area contributed by atoms with Crippen LogP contribution in [0, 0.1) is 12.8 Å². The van der Waals surface area contributed by atoms with Crippen LogP contribution in [0.25, 0.3) is 0 Å². The molecule has 0 spiro atoms. The fourth-order valence-electron chi connectivity index (χ4n) is 2.09. The molecule has 6 nitrogen and oxygen atoms in total. The number of carbonyl (C=O) groups is 2. The molecule has 0 aliphatic heterocycles. The number of nitrogens with one attached hydrogen (secondary N) is 2. The summed E-state index contributed by atoms with van der Waals surface area (Å²) in [4.78, 5) is 23.3. The molecule has 0 heterocycles. The van der Waals surface area contributed by atoms with Crippen LogP contribution >= 0.6 is 11.6 Å².